The van der Waals surface area contributed by atoms with Crippen molar-refractivity contribution in [2.45, 2.75) is 31.1 Å². The molecule has 1 aliphatic rings. The van der Waals surface area contributed by atoms with Crippen LogP contribution in [0.25, 0.3) is 10.9 Å². The summed E-state index contributed by atoms with van der Waals surface area (Å²) in [6.07, 6.45) is 2.13. The van der Waals surface area contributed by atoms with Crippen LogP contribution in [0.3, 0.4) is 0 Å². The third-order valence-corrected chi connectivity index (χ3v) is 6.36. The first kappa shape index (κ1) is 17.3. The number of nitriles is 1. The van der Waals surface area contributed by atoms with Crippen LogP contribution in [-0.2, 0) is 16.4 Å². The van der Waals surface area contributed by atoms with Gasteiger partial charge in [-0.15, -0.1) is 0 Å². The van der Waals surface area contributed by atoms with Crippen molar-refractivity contribution >= 4 is 32.4 Å². The maximum absolute atomic E-state index is 12.9. The number of aromatic amines is 1. The molecule has 1 aliphatic carbocycles. The van der Waals surface area contributed by atoms with Gasteiger partial charge in [0, 0.05) is 34.3 Å². The summed E-state index contributed by atoms with van der Waals surface area (Å²) < 4.78 is 28.3. The highest BCUT2D eigenvalue weighted by atomic mass is 32.2. The number of carbonyl (C=O) groups excluding carboxylic acids is 1. The summed E-state index contributed by atoms with van der Waals surface area (Å²) in [5, 5.41) is 9.63. The van der Waals surface area contributed by atoms with Gasteiger partial charge in [0.05, 0.1) is 16.5 Å². The molecule has 0 aliphatic heterocycles. The van der Waals surface area contributed by atoms with Gasteiger partial charge >= 0.3 is 0 Å². The molecule has 1 aromatic heterocycles. The van der Waals surface area contributed by atoms with E-state index in [1.807, 2.05) is 6.07 Å². The molecule has 3 aromatic rings. The van der Waals surface area contributed by atoms with Gasteiger partial charge in [0.2, 0.25) is 0 Å². The summed E-state index contributed by atoms with van der Waals surface area (Å²) in [5.41, 5.74) is 3.65. The third-order valence-electron chi connectivity index (χ3n) is 4.84. The molecule has 0 unspecified atom stereocenters. The van der Waals surface area contributed by atoms with E-state index in [0.717, 1.165) is 23.9 Å². The van der Waals surface area contributed by atoms with Crippen LogP contribution in [0.5, 0.6) is 0 Å². The van der Waals surface area contributed by atoms with E-state index in [1.54, 1.807) is 43.3 Å². The zero-order valence-corrected chi connectivity index (χ0v) is 15.5. The number of hydrogen-bond donors (Lipinski definition) is 2. The summed E-state index contributed by atoms with van der Waals surface area (Å²) >= 11 is 0. The largest absolute Gasteiger partial charge is 0.358 e. The molecular formula is C20H17N3O3S. The van der Waals surface area contributed by atoms with Gasteiger partial charge in [0.25, 0.3) is 10.0 Å². The molecule has 0 amide bonds. The van der Waals surface area contributed by atoms with Crippen LogP contribution in [0.15, 0.2) is 41.3 Å². The molecule has 6 nitrogen and oxygen atoms in total. The number of fused-ring (bicyclic) bond motifs is 3. The summed E-state index contributed by atoms with van der Waals surface area (Å²) in [4.78, 5) is 15.6. The van der Waals surface area contributed by atoms with E-state index in [2.05, 4.69) is 9.71 Å². The molecule has 2 N–H and O–H groups in total. The van der Waals surface area contributed by atoms with Gasteiger partial charge in [-0.1, -0.05) is 0 Å². The molecule has 1 heterocycles. The highest BCUT2D eigenvalue weighted by molar-refractivity contribution is 7.92. The first-order valence-electron chi connectivity index (χ1n) is 8.60. The Kier molecular flexibility index (Phi) is 4.01. The van der Waals surface area contributed by atoms with Crippen LogP contribution in [-0.4, -0.2) is 19.2 Å². The number of Topliss-reactive ketones (excluding diaryl/α,β-unsaturated/α-hetero) is 1. The van der Waals surface area contributed by atoms with E-state index in [4.69, 9.17) is 5.26 Å². The Morgan fingerprint density at radius 3 is 2.59 bits per heavy atom. The van der Waals surface area contributed by atoms with E-state index in [1.165, 1.54) is 0 Å². The average Bonchev–Trinajstić information content (AvgIpc) is 3.00. The predicted octanol–water partition coefficient (Wildman–Crippen LogP) is 3.67. The molecule has 0 bridgehead atoms. The van der Waals surface area contributed by atoms with Crippen LogP contribution >= 0.6 is 0 Å². The number of rotatable bonds is 3. The Morgan fingerprint density at radius 2 is 1.89 bits per heavy atom. The Labute approximate surface area is 156 Å². The fraction of sp³-hybridized carbons (Fsp3) is 0.200. The number of nitrogens with one attached hydrogen (secondary N) is 2. The van der Waals surface area contributed by atoms with E-state index >= 15 is 0 Å². The molecule has 7 heteroatoms. The lowest BCUT2D eigenvalue weighted by molar-refractivity contribution is 0.0974. The molecule has 0 radical (unpaired) electrons. The van der Waals surface area contributed by atoms with Gasteiger partial charge < -0.3 is 4.98 Å². The summed E-state index contributed by atoms with van der Waals surface area (Å²) in [7, 11) is -3.81. The molecule has 0 fully saturated rings. The lowest BCUT2D eigenvalue weighted by Gasteiger charge is -2.12. The number of benzene rings is 2. The maximum atomic E-state index is 12.9. The van der Waals surface area contributed by atoms with Gasteiger partial charge in [0.15, 0.2) is 5.78 Å². The number of hydrogen-bond acceptors (Lipinski definition) is 4. The molecule has 0 spiro atoms. The van der Waals surface area contributed by atoms with Crippen molar-refractivity contribution < 1.29 is 13.2 Å². The molecule has 0 atom stereocenters. The lowest BCUT2D eigenvalue weighted by atomic mass is 9.94. The smallest absolute Gasteiger partial charge is 0.262 e. The number of aromatic nitrogens is 1. The molecule has 136 valence electrons. The van der Waals surface area contributed by atoms with Crippen molar-refractivity contribution in [3.63, 3.8) is 0 Å². The summed E-state index contributed by atoms with van der Waals surface area (Å²) in [6, 6.07) is 11.6. The van der Waals surface area contributed by atoms with E-state index in [0.29, 0.717) is 34.3 Å². The minimum atomic E-state index is -3.81. The molecule has 27 heavy (non-hydrogen) atoms. The Bertz CT molecular complexity index is 1220. The van der Waals surface area contributed by atoms with E-state index < -0.39 is 10.0 Å². The first-order chi connectivity index (χ1) is 12.9. The van der Waals surface area contributed by atoms with Gasteiger partial charge in [-0.05, 0) is 61.7 Å². The Morgan fingerprint density at radius 1 is 1.15 bits per heavy atom. The molecule has 0 saturated carbocycles. The van der Waals surface area contributed by atoms with Gasteiger partial charge in [-0.3, -0.25) is 9.52 Å². The van der Waals surface area contributed by atoms with Crippen LogP contribution in [0, 0.1) is 18.3 Å². The molecule has 4 rings (SSSR count). The van der Waals surface area contributed by atoms with Crippen LogP contribution < -0.4 is 4.72 Å². The summed E-state index contributed by atoms with van der Waals surface area (Å²) in [5.74, 6) is 0.105. The monoisotopic (exact) mass is 379 g/mol. The van der Waals surface area contributed by atoms with Crippen molar-refractivity contribution in [2.24, 2.45) is 0 Å². The zero-order chi connectivity index (χ0) is 19.2. The van der Waals surface area contributed by atoms with Gasteiger partial charge in [0.1, 0.15) is 0 Å². The average molecular weight is 379 g/mol. The number of aryl methyl sites for hydroxylation is 2. The van der Waals surface area contributed by atoms with E-state index in [-0.39, 0.29) is 10.7 Å². The quantitative estimate of drug-likeness (QED) is 0.725. The minimum Gasteiger partial charge on any atom is -0.358 e. The van der Waals surface area contributed by atoms with Crippen molar-refractivity contribution in [2.75, 3.05) is 4.72 Å². The van der Waals surface area contributed by atoms with Gasteiger partial charge in [-0.2, -0.15) is 5.26 Å². The van der Waals surface area contributed by atoms with Crippen molar-refractivity contribution in [3.8, 4) is 6.07 Å². The normalized spacial score (nSPS) is 14.0. The second-order valence-corrected chi connectivity index (χ2v) is 8.36. The van der Waals surface area contributed by atoms with Gasteiger partial charge in [-0.25, -0.2) is 8.42 Å². The van der Waals surface area contributed by atoms with Crippen molar-refractivity contribution in [3.05, 3.63) is 58.8 Å². The predicted molar refractivity (Wildman–Crippen MR) is 102 cm³/mol. The fourth-order valence-electron chi connectivity index (χ4n) is 3.56. The van der Waals surface area contributed by atoms with E-state index in [9.17, 15) is 13.2 Å². The first-order valence-corrected chi connectivity index (χ1v) is 10.1. The Balaban J connectivity index is 1.77. The molecular weight excluding hydrogens is 362 g/mol. The molecule has 2 aromatic carbocycles. The fourth-order valence-corrected chi connectivity index (χ4v) is 4.87. The topological polar surface area (TPSA) is 103 Å². The number of sulfonamides is 1. The number of anilines is 1. The standard InChI is InChI=1S/C20H17N3O3S/c1-12-9-15-17(22-16-3-2-4-18(24)20(15)16)10-19(12)27(25,26)23-14-7-5-13(11-21)6-8-14/h5-10,22-23H,2-4H2,1H3. The summed E-state index contributed by atoms with van der Waals surface area (Å²) in [6.45, 7) is 1.72. The number of H-pyrrole nitrogens is 1. The second-order valence-electron chi connectivity index (χ2n) is 6.71. The van der Waals surface area contributed by atoms with Crippen LogP contribution in [0.1, 0.15) is 40.0 Å². The number of ketones is 1. The number of nitrogens with zero attached hydrogens (tertiary/aromatic N) is 1. The SMILES string of the molecule is Cc1cc2c3c([nH]c2cc1S(=O)(=O)Nc1ccc(C#N)cc1)CCCC3=O. The minimum absolute atomic E-state index is 0.105. The third kappa shape index (κ3) is 2.98. The second kappa shape index (κ2) is 6.25. The number of carbonyl (C=O) groups is 1. The van der Waals surface area contributed by atoms with Crippen molar-refractivity contribution in [1.29, 1.82) is 5.26 Å². The van der Waals surface area contributed by atoms with Crippen molar-refractivity contribution in [1.82, 2.24) is 4.98 Å². The lowest BCUT2D eigenvalue weighted by Crippen LogP contribution is -2.14. The van der Waals surface area contributed by atoms with Crippen LogP contribution in [0.4, 0.5) is 5.69 Å². The Hall–Kier alpha value is -3.11. The highest BCUT2D eigenvalue weighted by Crippen LogP contribution is 2.32. The van der Waals surface area contributed by atoms with Crippen LogP contribution in [0.2, 0.25) is 0 Å². The molecule has 0 saturated heterocycles. The zero-order valence-electron chi connectivity index (χ0n) is 14.7. The maximum Gasteiger partial charge on any atom is 0.262 e. The highest BCUT2D eigenvalue weighted by Gasteiger charge is 2.25.